The first kappa shape index (κ1) is 22.6. The predicted octanol–water partition coefficient (Wildman–Crippen LogP) is 4.94. The first-order valence-corrected chi connectivity index (χ1v) is 9.81. The minimum Gasteiger partial charge on any atom is -0.497 e. The number of carbonyl (C=O) groups excluding carboxylic acids is 1. The van der Waals surface area contributed by atoms with Gasteiger partial charge in [0.1, 0.15) is 28.5 Å². The van der Waals surface area contributed by atoms with Gasteiger partial charge in [-0.3, -0.25) is 14.9 Å². The molecule has 4 rings (SSSR count). The van der Waals surface area contributed by atoms with Crippen molar-refractivity contribution >= 4 is 22.9 Å². The van der Waals surface area contributed by atoms with E-state index in [9.17, 15) is 23.7 Å². The molecule has 0 bridgehead atoms. The third-order valence-corrected chi connectivity index (χ3v) is 4.75. The maximum atomic E-state index is 13.3. The number of methoxy groups -OCH3 is 1. The maximum absolute atomic E-state index is 13.3. The molecule has 1 N–H and O–H groups in total. The Balaban J connectivity index is 1.65. The second-order valence-electron chi connectivity index (χ2n) is 7.12. The van der Waals surface area contributed by atoms with Crippen LogP contribution < -0.4 is 14.8 Å². The molecule has 174 valence electrons. The number of anilines is 1. The highest BCUT2D eigenvalue weighted by Crippen LogP contribution is 2.31. The van der Waals surface area contributed by atoms with Gasteiger partial charge in [-0.15, -0.1) is 0 Å². The lowest BCUT2D eigenvalue weighted by molar-refractivity contribution is -0.384. The Morgan fingerprint density at radius 1 is 1.12 bits per heavy atom. The van der Waals surface area contributed by atoms with Gasteiger partial charge in [0.2, 0.25) is 0 Å². The highest BCUT2D eigenvalue weighted by molar-refractivity contribution is 6.08. The van der Waals surface area contributed by atoms with E-state index < -0.39 is 22.9 Å². The van der Waals surface area contributed by atoms with Crippen LogP contribution in [-0.4, -0.2) is 32.5 Å². The van der Waals surface area contributed by atoms with E-state index in [4.69, 9.17) is 9.47 Å². The summed E-state index contributed by atoms with van der Waals surface area (Å²) in [6, 6.07) is 11.5. The lowest BCUT2D eigenvalue weighted by atomic mass is 10.2. The summed E-state index contributed by atoms with van der Waals surface area (Å²) in [4.78, 5) is 27.8. The van der Waals surface area contributed by atoms with Gasteiger partial charge in [-0.25, -0.2) is 18.3 Å². The van der Waals surface area contributed by atoms with Crippen LogP contribution in [0.2, 0.25) is 0 Å². The summed E-state index contributed by atoms with van der Waals surface area (Å²) in [6.45, 7) is 1.52. The molecule has 0 aliphatic rings. The van der Waals surface area contributed by atoms with Gasteiger partial charge in [-0.05, 0) is 37.3 Å². The van der Waals surface area contributed by atoms with Gasteiger partial charge in [0.05, 0.1) is 30.0 Å². The molecular weight excluding hydrogens is 452 g/mol. The van der Waals surface area contributed by atoms with Crippen molar-refractivity contribution in [3.05, 3.63) is 81.8 Å². The van der Waals surface area contributed by atoms with Crippen molar-refractivity contribution < 1.29 is 28.0 Å². The average Bonchev–Trinajstić information content (AvgIpc) is 3.22. The molecule has 0 saturated heterocycles. The van der Waals surface area contributed by atoms with E-state index in [1.807, 2.05) is 0 Å². The standard InChI is InChI=1S/C22H17F2N5O5/c1-12-7-19(20(23)24)28-21(26-12)18(11-25-28)22(30)27-13-8-14(29(31)32)10-17(9-13)34-16-5-3-15(33-2)4-6-16/h3-11,20H,1-2H3,(H,27,30). The molecule has 0 aliphatic heterocycles. The molecule has 12 heteroatoms. The number of hydrogen-bond donors (Lipinski definition) is 1. The molecule has 2 aromatic heterocycles. The number of alkyl halides is 2. The van der Waals surface area contributed by atoms with Gasteiger partial charge in [0.15, 0.2) is 5.65 Å². The predicted molar refractivity (Wildman–Crippen MR) is 117 cm³/mol. The minimum atomic E-state index is -2.82. The molecule has 0 radical (unpaired) electrons. The monoisotopic (exact) mass is 469 g/mol. The summed E-state index contributed by atoms with van der Waals surface area (Å²) in [7, 11) is 1.51. The van der Waals surface area contributed by atoms with Crippen LogP contribution in [0.1, 0.15) is 28.2 Å². The number of aromatic nitrogens is 3. The lowest BCUT2D eigenvalue weighted by Crippen LogP contribution is -2.13. The van der Waals surface area contributed by atoms with Crippen LogP contribution in [0.15, 0.2) is 54.7 Å². The summed E-state index contributed by atoms with van der Waals surface area (Å²) in [5, 5.41) is 17.8. The molecule has 0 atom stereocenters. The fraction of sp³-hybridized carbons (Fsp3) is 0.136. The highest BCUT2D eigenvalue weighted by Gasteiger charge is 2.21. The van der Waals surface area contributed by atoms with Crippen molar-refractivity contribution in [3.8, 4) is 17.2 Å². The van der Waals surface area contributed by atoms with Crippen molar-refractivity contribution in [3.63, 3.8) is 0 Å². The molecule has 1 amide bonds. The minimum absolute atomic E-state index is 0.0591. The number of halogens is 2. The molecule has 0 aliphatic carbocycles. The molecule has 34 heavy (non-hydrogen) atoms. The third-order valence-electron chi connectivity index (χ3n) is 4.75. The number of non-ortho nitro benzene ring substituents is 1. The molecular formula is C22H17F2N5O5. The number of nitrogens with one attached hydrogen (secondary N) is 1. The van der Waals surface area contributed by atoms with Crippen LogP contribution in [0.4, 0.5) is 20.2 Å². The second kappa shape index (κ2) is 9.10. The Morgan fingerprint density at radius 3 is 2.47 bits per heavy atom. The third kappa shape index (κ3) is 4.60. The smallest absolute Gasteiger partial charge is 0.280 e. The van der Waals surface area contributed by atoms with Crippen molar-refractivity contribution in [2.75, 3.05) is 12.4 Å². The van der Waals surface area contributed by atoms with Crippen molar-refractivity contribution in [1.82, 2.24) is 14.6 Å². The first-order valence-electron chi connectivity index (χ1n) is 9.81. The van der Waals surface area contributed by atoms with Crippen molar-refractivity contribution in [2.24, 2.45) is 0 Å². The molecule has 2 aromatic carbocycles. The maximum Gasteiger partial charge on any atom is 0.280 e. The average molecular weight is 469 g/mol. The van der Waals surface area contributed by atoms with Crippen molar-refractivity contribution in [2.45, 2.75) is 13.3 Å². The van der Waals surface area contributed by atoms with Gasteiger partial charge in [0.25, 0.3) is 18.0 Å². The number of ether oxygens (including phenoxy) is 2. The summed E-state index contributed by atoms with van der Waals surface area (Å²) in [5.41, 5.74) is -0.531. The van der Waals surface area contributed by atoms with Crippen LogP contribution in [0.25, 0.3) is 5.65 Å². The largest absolute Gasteiger partial charge is 0.497 e. The summed E-state index contributed by atoms with van der Waals surface area (Å²) in [5.74, 6) is 0.361. The summed E-state index contributed by atoms with van der Waals surface area (Å²) in [6.07, 6.45) is -1.72. The lowest BCUT2D eigenvalue weighted by Gasteiger charge is -2.10. The number of benzene rings is 2. The topological polar surface area (TPSA) is 121 Å². The Labute approximate surface area is 190 Å². The Bertz CT molecular complexity index is 1390. The van der Waals surface area contributed by atoms with E-state index in [-0.39, 0.29) is 34.0 Å². The number of nitrogens with zero attached hydrogens (tertiary/aromatic N) is 4. The number of rotatable bonds is 7. The number of amides is 1. The second-order valence-corrected chi connectivity index (χ2v) is 7.12. The van der Waals surface area contributed by atoms with Gasteiger partial charge in [-0.1, -0.05) is 0 Å². The van der Waals surface area contributed by atoms with Gasteiger partial charge in [0, 0.05) is 17.8 Å². The van der Waals surface area contributed by atoms with Crippen LogP contribution in [0, 0.1) is 17.0 Å². The van der Waals surface area contributed by atoms with Crippen molar-refractivity contribution in [1.29, 1.82) is 0 Å². The molecule has 0 unspecified atom stereocenters. The number of hydrogen-bond acceptors (Lipinski definition) is 7. The number of nitro benzene ring substituents is 1. The van der Waals surface area contributed by atoms with E-state index >= 15 is 0 Å². The number of aryl methyl sites for hydroxylation is 1. The van der Waals surface area contributed by atoms with E-state index in [0.29, 0.717) is 11.5 Å². The fourth-order valence-electron chi connectivity index (χ4n) is 3.23. The molecule has 10 nitrogen and oxygen atoms in total. The fourth-order valence-corrected chi connectivity index (χ4v) is 3.23. The molecule has 4 aromatic rings. The van der Waals surface area contributed by atoms with Crippen LogP contribution in [0.3, 0.4) is 0 Å². The summed E-state index contributed by atoms with van der Waals surface area (Å²) < 4.78 is 38.3. The van der Waals surface area contributed by atoms with Gasteiger partial charge >= 0.3 is 0 Å². The Morgan fingerprint density at radius 2 is 1.82 bits per heavy atom. The zero-order valence-corrected chi connectivity index (χ0v) is 17.9. The molecule has 2 heterocycles. The first-order chi connectivity index (χ1) is 16.2. The Kier molecular flexibility index (Phi) is 6.04. The van der Waals surface area contributed by atoms with Gasteiger partial charge in [-0.2, -0.15) is 5.10 Å². The zero-order valence-electron chi connectivity index (χ0n) is 17.9. The van der Waals surface area contributed by atoms with E-state index in [2.05, 4.69) is 15.4 Å². The summed E-state index contributed by atoms with van der Waals surface area (Å²) >= 11 is 0. The van der Waals surface area contributed by atoms with Crippen LogP contribution >= 0.6 is 0 Å². The molecule has 0 fully saturated rings. The normalized spacial score (nSPS) is 11.0. The highest BCUT2D eigenvalue weighted by atomic mass is 19.3. The zero-order chi connectivity index (χ0) is 24.4. The molecule has 0 saturated carbocycles. The van der Waals surface area contributed by atoms with E-state index in [1.54, 1.807) is 24.3 Å². The van der Waals surface area contributed by atoms with Gasteiger partial charge < -0.3 is 14.8 Å². The number of carbonyl (C=O) groups is 1. The number of fused-ring (bicyclic) bond motifs is 1. The number of nitro groups is 1. The Hall–Kier alpha value is -4.61. The van der Waals surface area contributed by atoms with Crippen LogP contribution in [-0.2, 0) is 0 Å². The van der Waals surface area contributed by atoms with E-state index in [1.165, 1.54) is 32.2 Å². The quantitative estimate of drug-likeness (QED) is 0.301. The SMILES string of the molecule is COc1ccc(Oc2cc(NC(=O)c3cnn4c(C(F)F)cc(C)nc34)cc([N+](=O)[O-])c2)cc1. The van der Waals surface area contributed by atoms with E-state index in [0.717, 1.165) is 16.8 Å². The molecule has 0 spiro atoms. The van der Waals surface area contributed by atoms with Crippen LogP contribution in [0.5, 0.6) is 17.2 Å².